The van der Waals surface area contributed by atoms with Gasteiger partial charge < -0.3 is 9.80 Å². The Bertz CT molecular complexity index is 1010. The third-order valence-corrected chi connectivity index (χ3v) is 8.65. The average molecular weight is 419 g/mol. The Morgan fingerprint density at radius 1 is 1.03 bits per heavy atom. The zero-order valence-electron chi connectivity index (χ0n) is 17.6. The van der Waals surface area contributed by atoms with Crippen molar-refractivity contribution in [3.05, 3.63) is 31.3 Å². The molecule has 1 saturated carbocycles. The van der Waals surface area contributed by atoms with E-state index in [1.54, 1.807) is 20.8 Å². The first-order chi connectivity index (χ1) is 14.1. The fourth-order valence-corrected chi connectivity index (χ4v) is 7.17. The summed E-state index contributed by atoms with van der Waals surface area (Å²) in [5.74, 6) is 0. The minimum absolute atomic E-state index is 0.00118. The summed E-state index contributed by atoms with van der Waals surface area (Å²) in [5.41, 5.74) is 1.19. The molecule has 6 nitrogen and oxygen atoms in total. The first kappa shape index (κ1) is 19.5. The number of fused-ring (bicyclic) bond motifs is 3. The maximum atomic E-state index is 13.6. The smallest absolute Gasteiger partial charge is 0.332 e. The van der Waals surface area contributed by atoms with E-state index < -0.39 is 0 Å². The summed E-state index contributed by atoms with van der Waals surface area (Å²) in [7, 11) is 2.22. The lowest BCUT2D eigenvalue weighted by Gasteiger charge is -2.25. The van der Waals surface area contributed by atoms with E-state index in [0.717, 1.165) is 68.5 Å². The van der Waals surface area contributed by atoms with Crippen molar-refractivity contribution in [2.24, 2.45) is 0 Å². The van der Waals surface area contributed by atoms with Gasteiger partial charge in [-0.05, 0) is 18.4 Å². The molecular weight excluding hydrogens is 384 g/mol. The standard InChI is InChI=1S/C22H32N4O2S/c1-23-12-9-17-18(15-23)29-21-19(17)20(27)26(16-7-3-2-4-8-16)22(28)25(21)14-13-24-10-5-6-11-24/h16H,2-15H2,1H3/p+2. The van der Waals surface area contributed by atoms with E-state index in [1.165, 1.54) is 47.7 Å². The van der Waals surface area contributed by atoms with Crippen molar-refractivity contribution in [3.8, 4) is 0 Å². The molecule has 5 rings (SSSR count). The number of hydrogen-bond acceptors (Lipinski definition) is 3. The van der Waals surface area contributed by atoms with Crippen molar-refractivity contribution in [1.29, 1.82) is 0 Å². The number of hydrogen-bond donors (Lipinski definition) is 2. The van der Waals surface area contributed by atoms with Gasteiger partial charge in [0, 0.05) is 25.3 Å². The first-order valence-electron chi connectivity index (χ1n) is 11.6. The summed E-state index contributed by atoms with van der Waals surface area (Å²) >= 11 is 1.72. The Hall–Kier alpha value is -1.44. The monoisotopic (exact) mass is 418 g/mol. The van der Waals surface area contributed by atoms with Crippen LogP contribution in [0.5, 0.6) is 0 Å². The van der Waals surface area contributed by atoms with Crippen molar-refractivity contribution < 1.29 is 9.80 Å². The summed E-state index contributed by atoms with van der Waals surface area (Å²) in [4.78, 5) is 32.6. The molecule has 3 aliphatic rings. The molecular formula is C22H34N4O2S+2. The summed E-state index contributed by atoms with van der Waals surface area (Å²) < 4.78 is 3.65. The Balaban J connectivity index is 1.65. The van der Waals surface area contributed by atoms with Crippen molar-refractivity contribution in [1.82, 2.24) is 9.13 Å². The molecule has 0 radical (unpaired) electrons. The van der Waals surface area contributed by atoms with Crippen LogP contribution in [0.1, 0.15) is 61.4 Å². The van der Waals surface area contributed by atoms with Gasteiger partial charge in [0.05, 0.1) is 50.0 Å². The predicted octanol–water partition coefficient (Wildman–Crippen LogP) is -0.0206. The summed E-state index contributed by atoms with van der Waals surface area (Å²) in [6.07, 6.45) is 8.96. The number of likely N-dealkylation sites (N-methyl/N-ethyl adjacent to an activating group) is 1. The van der Waals surface area contributed by atoms with Crippen LogP contribution in [-0.4, -0.2) is 42.4 Å². The Kier molecular flexibility index (Phi) is 5.39. The second-order valence-corrected chi connectivity index (χ2v) is 10.5. The molecule has 2 N–H and O–H groups in total. The Labute approximate surface area is 175 Å². The van der Waals surface area contributed by atoms with E-state index in [4.69, 9.17) is 0 Å². The van der Waals surface area contributed by atoms with Gasteiger partial charge in [-0.25, -0.2) is 4.79 Å². The number of quaternary nitrogens is 2. The van der Waals surface area contributed by atoms with Gasteiger partial charge in [0.25, 0.3) is 5.56 Å². The van der Waals surface area contributed by atoms with E-state index in [1.807, 2.05) is 4.57 Å². The average Bonchev–Trinajstić information content (AvgIpc) is 3.36. The topological polar surface area (TPSA) is 52.9 Å². The highest BCUT2D eigenvalue weighted by atomic mass is 32.1. The molecule has 29 heavy (non-hydrogen) atoms. The molecule has 0 aromatic carbocycles. The number of aromatic nitrogens is 2. The lowest BCUT2D eigenvalue weighted by molar-refractivity contribution is -0.895. The maximum absolute atomic E-state index is 13.6. The largest absolute Gasteiger partial charge is 0.333 e. The molecule has 0 amide bonds. The second-order valence-electron chi connectivity index (χ2n) is 9.43. The van der Waals surface area contributed by atoms with Crippen LogP contribution in [0, 0.1) is 0 Å². The zero-order valence-corrected chi connectivity index (χ0v) is 18.4. The van der Waals surface area contributed by atoms with Gasteiger partial charge in [0.2, 0.25) is 0 Å². The van der Waals surface area contributed by atoms with E-state index in [0.29, 0.717) is 0 Å². The predicted molar refractivity (Wildman–Crippen MR) is 116 cm³/mol. The lowest BCUT2D eigenvalue weighted by Crippen LogP contribution is -3.10. The third-order valence-electron chi connectivity index (χ3n) is 7.39. The van der Waals surface area contributed by atoms with Crippen LogP contribution >= 0.6 is 11.3 Å². The molecule has 2 aliphatic heterocycles. The number of rotatable bonds is 4. The van der Waals surface area contributed by atoms with Gasteiger partial charge in [-0.2, -0.15) is 0 Å². The number of likely N-dealkylation sites (tertiary alicyclic amines) is 1. The van der Waals surface area contributed by atoms with Crippen LogP contribution in [0.2, 0.25) is 0 Å². The highest BCUT2D eigenvalue weighted by molar-refractivity contribution is 7.18. The number of nitrogens with one attached hydrogen (secondary N) is 2. The van der Waals surface area contributed by atoms with Crippen molar-refractivity contribution in [2.75, 3.05) is 33.2 Å². The molecule has 1 aliphatic carbocycles. The van der Waals surface area contributed by atoms with Gasteiger partial charge in [-0.3, -0.25) is 13.9 Å². The third kappa shape index (κ3) is 3.51. The minimum Gasteiger partial charge on any atom is -0.333 e. The van der Waals surface area contributed by atoms with Gasteiger partial charge >= 0.3 is 5.69 Å². The van der Waals surface area contributed by atoms with Crippen LogP contribution in [0.15, 0.2) is 9.59 Å². The van der Waals surface area contributed by atoms with Crippen LogP contribution in [0.3, 0.4) is 0 Å². The molecule has 158 valence electrons. The van der Waals surface area contributed by atoms with Crippen LogP contribution in [0.25, 0.3) is 10.2 Å². The van der Waals surface area contributed by atoms with E-state index in [-0.39, 0.29) is 17.3 Å². The number of nitrogens with zero attached hydrogens (tertiary/aromatic N) is 2. The fourth-order valence-electron chi connectivity index (χ4n) is 5.69. The first-order valence-corrected chi connectivity index (χ1v) is 12.4. The van der Waals surface area contributed by atoms with Crippen molar-refractivity contribution in [3.63, 3.8) is 0 Å². The summed E-state index contributed by atoms with van der Waals surface area (Å²) in [6, 6.07) is 0.0889. The second kappa shape index (κ2) is 8.00. The quantitative estimate of drug-likeness (QED) is 0.733. The zero-order chi connectivity index (χ0) is 20.0. The van der Waals surface area contributed by atoms with E-state index in [2.05, 4.69) is 7.05 Å². The van der Waals surface area contributed by atoms with Crippen molar-refractivity contribution >= 4 is 21.6 Å². The molecule has 4 heterocycles. The maximum Gasteiger partial charge on any atom is 0.332 e. The van der Waals surface area contributed by atoms with Gasteiger partial charge in [0.15, 0.2) is 0 Å². The minimum atomic E-state index is -0.0488. The highest BCUT2D eigenvalue weighted by Crippen LogP contribution is 2.31. The van der Waals surface area contributed by atoms with E-state index in [9.17, 15) is 9.59 Å². The van der Waals surface area contributed by atoms with Crippen LogP contribution in [0.4, 0.5) is 0 Å². The molecule has 0 spiro atoms. The van der Waals surface area contributed by atoms with Crippen LogP contribution in [-0.2, 0) is 19.5 Å². The SMILES string of the molecule is C[NH+]1CCc2c(sc3c2c(=O)n(C2CCCCC2)c(=O)n3CC[NH+]2CCCC2)C1. The Morgan fingerprint density at radius 2 is 1.79 bits per heavy atom. The van der Waals surface area contributed by atoms with E-state index >= 15 is 0 Å². The Morgan fingerprint density at radius 3 is 2.55 bits per heavy atom. The van der Waals surface area contributed by atoms with Gasteiger partial charge in [0.1, 0.15) is 11.4 Å². The van der Waals surface area contributed by atoms with Gasteiger partial charge in [-0.1, -0.05) is 19.3 Å². The molecule has 1 saturated heterocycles. The number of thiophene rings is 1. The molecule has 0 bridgehead atoms. The fraction of sp³-hybridized carbons (Fsp3) is 0.727. The highest BCUT2D eigenvalue weighted by Gasteiger charge is 2.29. The molecule has 2 aromatic heterocycles. The van der Waals surface area contributed by atoms with Crippen molar-refractivity contribution in [2.45, 2.75) is 70.5 Å². The molecule has 7 heteroatoms. The summed E-state index contributed by atoms with van der Waals surface area (Å²) in [5, 5.41) is 0.874. The normalized spacial score (nSPS) is 23.7. The molecule has 1 unspecified atom stereocenters. The van der Waals surface area contributed by atoms with Crippen LogP contribution < -0.4 is 21.0 Å². The molecule has 2 aromatic rings. The molecule has 2 fully saturated rings. The molecule has 1 atom stereocenters. The van der Waals surface area contributed by atoms with Gasteiger partial charge in [-0.15, -0.1) is 11.3 Å². The summed E-state index contributed by atoms with van der Waals surface area (Å²) in [6.45, 7) is 6.21. The lowest BCUT2D eigenvalue weighted by atomic mass is 9.95.